The molecule has 2 bridgehead atoms. The molecule has 0 radical (unpaired) electrons. The Morgan fingerprint density at radius 2 is 1.93 bits per heavy atom. The highest BCUT2D eigenvalue weighted by Crippen LogP contribution is 2.59. The van der Waals surface area contributed by atoms with Gasteiger partial charge in [0, 0.05) is 6.07 Å². The van der Waals surface area contributed by atoms with E-state index in [0.29, 0.717) is 29.8 Å². The lowest BCUT2D eigenvalue weighted by atomic mass is 9.54. The molecule has 4 atom stereocenters. The van der Waals surface area contributed by atoms with Crippen molar-refractivity contribution in [3.05, 3.63) is 28.5 Å². The summed E-state index contributed by atoms with van der Waals surface area (Å²) in [5.74, 6) is 0.546. The summed E-state index contributed by atoms with van der Waals surface area (Å²) in [6.07, 6.45) is 4.35. The lowest BCUT2D eigenvalue weighted by molar-refractivity contribution is -0.0195. The zero-order valence-electron chi connectivity index (χ0n) is 16.6. The Balaban J connectivity index is 1.70. The van der Waals surface area contributed by atoms with Crippen LogP contribution in [0, 0.1) is 34.9 Å². The standard InChI is InChI=1S/C20H27ClFNO4S/c1-11-5-13-7-14(20(13,2)3)6-12(11)10-27-18-9-17(22)15(8-16(18)21)19(24)23-28(4,25)26/h8-9,11-14H,5-7,10H2,1-4H3,(H,23,24). The highest BCUT2D eigenvalue weighted by atomic mass is 35.5. The second-order valence-corrected chi connectivity index (χ2v) is 11.1. The smallest absolute Gasteiger partial charge is 0.267 e. The molecular weight excluding hydrogens is 405 g/mol. The van der Waals surface area contributed by atoms with E-state index in [9.17, 15) is 17.6 Å². The van der Waals surface area contributed by atoms with Crippen LogP contribution in [0.2, 0.25) is 5.02 Å². The van der Waals surface area contributed by atoms with Crippen LogP contribution in [-0.2, 0) is 10.0 Å². The molecule has 3 saturated carbocycles. The van der Waals surface area contributed by atoms with Crippen LogP contribution in [0.3, 0.4) is 0 Å². The van der Waals surface area contributed by atoms with Crippen LogP contribution < -0.4 is 9.46 Å². The quantitative estimate of drug-likeness (QED) is 0.756. The molecule has 28 heavy (non-hydrogen) atoms. The van der Waals surface area contributed by atoms with Crippen LogP contribution >= 0.6 is 11.6 Å². The van der Waals surface area contributed by atoms with Crippen molar-refractivity contribution < 1.29 is 22.3 Å². The molecule has 0 saturated heterocycles. The van der Waals surface area contributed by atoms with Crippen LogP contribution in [0.5, 0.6) is 5.75 Å². The monoisotopic (exact) mass is 431 g/mol. The number of carbonyl (C=O) groups is 1. The van der Waals surface area contributed by atoms with Crippen molar-refractivity contribution in [1.29, 1.82) is 0 Å². The highest BCUT2D eigenvalue weighted by molar-refractivity contribution is 7.89. The molecule has 0 heterocycles. The van der Waals surface area contributed by atoms with Crippen LogP contribution in [0.15, 0.2) is 12.1 Å². The summed E-state index contributed by atoms with van der Waals surface area (Å²) >= 11 is 6.16. The Hall–Kier alpha value is -1.34. The van der Waals surface area contributed by atoms with E-state index in [-0.39, 0.29) is 10.8 Å². The Bertz CT molecular complexity index is 886. The first kappa shape index (κ1) is 21.4. The maximum atomic E-state index is 14.3. The van der Waals surface area contributed by atoms with Crippen molar-refractivity contribution in [1.82, 2.24) is 4.72 Å². The second-order valence-electron chi connectivity index (χ2n) is 8.94. The Morgan fingerprint density at radius 1 is 1.29 bits per heavy atom. The fraction of sp³-hybridized carbons (Fsp3) is 0.650. The zero-order chi connectivity index (χ0) is 20.9. The topological polar surface area (TPSA) is 72.5 Å². The van der Waals surface area contributed by atoms with E-state index >= 15 is 0 Å². The minimum Gasteiger partial charge on any atom is -0.492 e. The summed E-state index contributed by atoms with van der Waals surface area (Å²) in [5, 5.41) is 0.0750. The van der Waals surface area contributed by atoms with Gasteiger partial charge in [0.05, 0.1) is 23.4 Å². The fourth-order valence-electron chi connectivity index (χ4n) is 4.63. The van der Waals surface area contributed by atoms with Crippen molar-refractivity contribution in [2.45, 2.75) is 40.0 Å². The number of sulfonamides is 1. The van der Waals surface area contributed by atoms with E-state index in [1.165, 1.54) is 12.8 Å². The van der Waals surface area contributed by atoms with Gasteiger partial charge in [-0.1, -0.05) is 32.4 Å². The molecule has 5 nitrogen and oxygen atoms in total. The number of fused-ring (bicyclic) bond motifs is 3. The summed E-state index contributed by atoms with van der Waals surface area (Å²) in [7, 11) is -3.80. The van der Waals surface area contributed by atoms with E-state index in [0.717, 1.165) is 30.7 Å². The lowest BCUT2D eigenvalue weighted by Crippen LogP contribution is -2.43. The molecule has 3 aliphatic carbocycles. The van der Waals surface area contributed by atoms with Gasteiger partial charge in [0.15, 0.2) is 0 Å². The minimum atomic E-state index is -3.80. The summed E-state index contributed by atoms with van der Waals surface area (Å²) in [6.45, 7) is 7.36. The van der Waals surface area contributed by atoms with Gasteiger partial charge in [0.1, 0.15) is 11.6 Å². The Morgan fingerprint density at radius 3 is 2.54 bits per heavy atom. The van der Waals surface area contributed by atoms with E-state index in [2.05, 4.69) is 20.8 Å². The largest absolute Gasteiger partial charge is 0.492 e. The average Bonchev–Trinajstić information content (AvgIpc) is 2.79. The maximum Gasteiger partial charge on any atom is 0.267 e. The Kier molecular flexibility index (Phi) is 5.71. The molecule has 8 heteroatoms. The molecule has 1 aromatic carbocycles. The van der Waals surface area contributed by atoms with Gasteiger partial charge in [-0.05, 0) is 54.4 Å². The number of amides is 1. The van der Waals surface area contributed by atoms with Crippen molar-refractivity contribution in [3.63, 3.8) is 0 Å². The van der Waals surface area contributed by atoms with E-state index in [1.54, 1.807) is 4.72 Å². The van der Waals surface area contributed by atoms with Crippen LogP contribution in [0.25, 0.3) is 0 Å². The van der Waals surface area contributed by atoms with Gasteiger partial charge in [-0.25, -0.2) is 17.5 Å². The first-order chi connectivity index (χ1) is 12.9. The van der Waals surface area contributed by atoms with Crippen molar-refractivity contribution in [2.75, 3.05) is 12.9 Å². The lowest BCUT2D eigenvalue weighted by Gasteiger charge is -2.51. The van der Waals surface area contributed by atoms with Crippen molar-refractivity contribution in [2.24, 2.45) is 29.1 Å². The first-order valence-corrected chi connectivity index (χ1v) is 11.8. The molecule has 0 aliphatic heterocycles. The van der Waals surface area contributed by atoms with Gasteiger partial charge in [0.2, 0.25) is 10.0 Å². The molecule has 0 aromatic heterocycles. The number of nitrogens with one attached hydrogen (secondary N) is 1. The molecule has 3 fully saturated rings. The van der Waals surface area contributed by atoms with E-state index in [4.69, 9.17) is 16.3 Å². The molecule has 4 rings (SSSR count). The molecule has 1 N–H and O–H groups in total. The maximum absolute atomic E-state index is 14.3. The molecular formula is C20H27ClFNO4S. The number of halogens is 2. The predicted octanol–water partition coefficient (Wildman–Crippen LogP) is 4.26. The summed E-state index contributed by atoms with van der Waals surface area (Å²) in [5.41, 5.74) is -0.0605. The summed E-state index contributed by atoms with van der Waals surface area (Å²) in [6, 6.07) is 2.15. The van der Waals surface area contributed by atoms with Gasteiger partial charge < -0.3 is 4.74 Å². The third-order valence-corrected chi connectivity index (χ3v) is 7.57. The zero-order valence-corrected chi connectivity index (χ0v) is 18.2. The molecule has 0 spiro atoms. The number of hydrogen-bond donors (Lipinski definition) is 1. The number of ether oxygens (including phenoxy) is 1. The van der Waals surface area contributed by atoms with Gasteiger partial charge in [-0.15, -0.1) is 0 Å². The predicted molar refractivity (Wildman–Crippen MR) is 106 cm³/mol. The molecule has 4 unspecified atom stereocenters. The second kappa shape index (κ2) is 7.48. The normalized spacial score (nSPS) is 28.8. The average molecular weight is 432 g/mol. The number of hydrogen-bond acceptors (Lipinski definition) is 4. The Labute approximate surface area is 171 Å². The number of benzene rings is 1. The van der Waals surface area contributed by atoms with Crippen LogP contribution in [0.4, 0.5) is 4.39 Å². The third-order valence-electron chi connectivity index (χ3n) is 6.72. The summed E-state index contributed by atoms with van der Waals surface area (Å²) < 4.78 is 44.3. The third kappa shape index (κ3) is 4.30. The van der Waals surface area contributed by atoms with Gasteiger partial charge in [-0.3, -0.25) is 4.79 Å². The van der Waals surface area contributed by atoms with Crippen molar-refractivity contribution in [3.8, 4) is 5.75 Å². The molecule has 1 aromatic rings. The SMILES string of the molecule is CC1CC2CC(CC1COc1cc(F)c(C(=O)NS(C)(=O)=O)cc1Cl)C2(C)C. The van der Waals surface area contributed by atoms with Crippen molar-refractivity contribution >= 4 is 27.5 Å². The molecule has 156 valence electrons. The van der Waals surface area contributed by atoms with Gasteiger partial charge >= 0.3 is 0 Å². The number of rotatable bonds is 5. The van der Waals surface area contributed by atoms with E-state index < -0.39 is 27.3 Å². The molecule has 1 amide bonds. The first-order valence-electron chi connectivity index (χ1n) is 9.52. The minimum absolute atomic E-state index is 0.0750. The van der Waals surface area contributed by atoms with Gasteiger partial charge in [0.25, 0.3) is 5.91 Å². The molecule has 3 aliphatic rings. The van der Waals surface area contributed by atoms with E-state index in [1.807, 2.05) is 0 Å². The van der Waals surface area contributed by atoms with Crippen LogP contribution in [-0.4, -0.2) is 27.2 Å². The van der Waals surface area contributed by atoms with Gasteiger partial charge in [-0.2, -0.15) is 0 Å². The highest BCUT2D eigenvalue weighted by Gasteiger charge is 2.51. The summed E-state index contributed by atoms with van der Waals surface area (Å²) in [4.78, 5) is 11.9. The number of carbonyl (C=O) groups excluding carboxylic acids is 1. The fourth-order valence-corrected chi connectivity index (χ4v) is 5.29. The van der Waals surface area contributed by atoms with Crippen LogP contribution in [0.1, 0.15) is 50.4 Å².